The van der Waals surface area contributed by atoms with E-state index in [1.165, 1.54) is 18.2 Å². The van der Waals surface area contributed by atoms with Gasteiger partial charge in [-0.3, -0.25) is 0 Å². The molecule has 0 saturated heterocycles. The molecule has 0 fully saturated rings. The Morgan fingerprint density at radius 3 is 2.97 bits per heavy atom. The van der Waals surface area contributed by atoms with Gasteiger partial charge in [-0.25, -0.2) is 0 Å². The van der Waals surface area contributed by atoms with Crippen molar-refractivity contribution in [3.8, 4) is 34.7 Å². The first-order valence-corrected chi connectivity index (χ1v) is 9.40. The molecule has 1 aliphatic rings. The fraction of sp³-hybridized carbons (Fsp3) is 0.286. The van der Waals surface area contributed by atoms with Gasteiger partial charge < -0.3 is 19.7 Å². The Morgan fingerprint density at radius 1 is 1.33 bits per heavy atom. The second-order valence-corrected chi connectivity index (χ2v) is 6.77. The summed E-state index contributed by atoms with van der Waals surface area (Å²) in [6, 6.07) is 12.0. The van der Waals surface area contributed by atoms with Gasteiger partial charge in [0.05, 0.1) is 12.2 Å². The number of benzene rings is 2. The molecule has 1 aliphatic carbocycles. The second-order valence-electron chi connectivity index (χ2n) is 6.77. The molecule has 0 aliphatic heterocycles. The van der Waals surface area contributed by atoms with E-state index in [2.05, 4.69) is 20.2 Å². The maximum absolute atomic E-state index is 12.5. The van der Waals surface area contributed by atoms with Crippen LogP contribution in [0.1, 0.15) is 29.2 Å². The molecular weight excluding hydrogens is 394 g/mol. The van der Waals surface area contributed by atoms with Crippen molar-refractivity contribution in [1.29, 1.82) is 5.26 Å². The molecule has 1 heterocycles. The van der Waals surface area contributed by atoms with E-state index in [0.29, 0.717) is 17.9 Å². The normalized spacial score (nSPS) is 15.2. The third-order valence-corrected chi connectivity index (χ3v) is 5.00. The van der Waals surface area contributed by atoms with Crippen molar-refractivity contribution in [1.82, 2.24) is 15.5 Å². The van der Waals surface area contributed by atoms with Crippen LogP contribution in [0.4, 0.5) is 8.78 Å². The topological polar surface area (TPSA) is 104 Å². The fourth-order valence-electron chi connectivity index (χ4n) is 3.71. The molecule has 0 saturated carbocycles. The summed E-state index contributed by atoms with van der Waals surface area (Å²) < 4.78 is 34.6. The molecule has 0 spiro atoms. The summed E-state index contributed by atoms with van der Waals surface area (Å²) in [5.41, 5.74) is 3.51. The van der Waals surface area contributed by atoms with E-state index >= 15 is 0 Å². The van der Waals surface area contributed by atoms with Crippen molar-refractivity contribution in [3.05, 3.63) is 53.1 Å². The van der Waals surface area contributed by atoms with Gasteiger partial charge >= 0.3 is 6.61 Å². The Balaban J connectivity index is 1.63. The molecule has 0 radical (unpaired) electrons. The Morgan fingerprint density at radius 2 is 2.20 bits per heavy atom. The zero-order chi connectivity index (χ0) is 21.1. The van der Waals surface area contributed by atoms with Crippen LogP contribution in [0.3, 0.4) is 0 Å². The number of hydrogen-bond donors (Lipinski definition) is 2. The summed E-state index contributed by atoms with van der Waals surface area (Å²) >= 11 is 0. The number of halogens is 2. The number of aliphatic hydroxyl groups excluding tert-OH is 1. The van der Waals surface area contributed by atoms with Crippen molar-refractivity contribution < 1.29 is 23.1 Å². The minimum Gasteiger partial charge on any atom is -0.433 e. The first-order valence-electron chi connectivity index (χ1n) is 9.40. The number of nitrogens with zero attached hydrogens (tertiary/aromatic N) is 3. The van der Waals surface area contributed by atoms with E-state index in [1.54, 1.807) is 0 Å². The first-order chi connectivity index (χ1) is 14.6. The number of nitrogens with one attached hydrogen (secondary N) is 1. The number of aromatic nitrogens is 2. The fourth-order valence-corrected chi connectivity index (χ4v) is 3.71. The molecule has 154 valence electrons. The Kier molecular flexibility index (Phi) is 5.70. The summed E-state index contributed by atoms with van der Waals surface area (Å²) in [5, 5.41) is 25.7. The summed E-state index contributed by atoms with van der Waals surface area (Å²) in [4.78, 5) is 4.44. The van der Waals surface area contributed by atoms with Crippen LogP contribution < -0.4 is 10.1 Å². The lowest BCUT2D eigenvalue weighted by atomic mass is 10.0. The zero-order valence-corrected chi connectivity index (χ0v) is 15.8. The average molecular weight is 412 g/mol. The predicted octanol–water partition coefficient (Wildman–Crippen LogP) is 3.45. The monoisotopic (exact) mass is 412 g/mol. The van der Waals surface area contributed by atoms with Gasteiger partial charge in [0.25, 0.3) is 5.89 Å². The lowest BCUT2D eigenvalue weighted by Gasteiger charge is -2.13. The van der Waals surface area contributed by atoms with E-state index in [0.717, 1.165) is 29.5 Å². The van der Waals surface area contributed by atoms with E-state index in [-0.39, 0.29) is 29.9 Å². The smallest absolute Gasteiger partial charge is 0.387 e. The first kappa shape index (κ1) is 19.9. The van der Waals surface area contributed by atoms with Gasteiger partial charge in [0.2, 0.25) is 5.82 Å². The van der Waals surface area contributed by atoms with Crippen molar-refractivity contribution in [2.45, 2.75) is 25.5 Å². The van der Waals surface area contributed by atoms with Crippen LogP contribution in [-0.2, 0) is 6.42 Å². The van der Waals surface area contributed by atoms with Gasteiger partial charge in [0.1, 0.15) is 11.8 Å². The lowest BCUT2D eigenvalue weighted by Crippen LogP contribution is -2.22. The van der Waals surface area contributed by atoms with Gasteiger partial charge in [-0.15, -0.1) is 0 Å². The van der Waals surface area contributed by atoms with Crippen LogP contribution in [0.25, 0.3) is 22.8 Å². The number of fused-ring (bicyclic) bond motifs is 1. The van der Waals surface area contributed by atoms with Crippen molar-refractivity contribution >= 4 is 0 Å². The third kappa shape index (κ3) is 3.87. The highest BCUT2D eigenvalue weighted by molar-refractivity contribution is 5.67. The number of alkyl halides is 2. The van der Waals surface area contributed by atoms with Crippen LogP contribution in [-0.4, -0.2) is 35.0 Å². The molecule has 30 heavy (non-hydrogen) atoms. The van der Waals surface area contributed by atoms with Gasteiger partial charge in [-0.05, 0) is 42.2 Å². The van der Waals surface area contributed by atoms with Crippen molar-refractivity contribution in [2.24, 2.45) is 0 Å². The number of aliphatic hydroxyl groups is 1. The van der Waals surface area contributed by atoms with Crippen LogP contribution >= 0.6 is 0 Å². The number of hydrogen-bond acceptors (Lipinski definition) is 7. The number of nitriles is 1. The second kappa shape index (κ2) is 8.57. The van der Waals surface area contributed by atoms with Crippen molar-refractivity contribution in [2.75, 3.05) is 13.2 Å². The molecule has 0 bridgehead atoms. The molecule has 4 rings (SSSR count). The minimum absolute atomic E-state index is 0.0500. The Labute approximate surface area is 170 Å². The quantitative estimate of drug-likeness (QED) is 0.612. The summed E-state index contributed by atoms with van der Waals surface area (Å²) in [6.45, 7) is -2.42. The molecule has 9 heteroatoms. The van der Waals surface area contributed by atoms with Gasteiger partial charge in [-0.1, -0.05) is 23.4 Å². The highest BCUT2D eigenvalue weighted by Gasteiger charge is 2.26. The maximum Gasteiger partial charge on any atom is 0.387 e. The average Bonchev–Trinajstić information content (AvgIpc) is 3.39. The highest BCUT2D eigenvalue weighted by atomic mass is 19.3. The van der Waals surface area contributed by atoms with E-state index in [1.807, 2.05) is 24.3 Å². The molecule has 2 aromatic carbocycles. The van der Waals surface area contributed by atoms with E-state index < -0.39 is 6.61 Å². The van der Waals surface area contributed by atoms with Crippen LogP contribution in [0.5, 0.6) is 5.75 Å². The SMILES string of the molecule is N#Cc1cc(-c2nc(-c3cccc4c3CC[C@@H]4NCCO)no2)ccc1OC(F)F. The molecule has 2 N–H and O–H groups in total. The van der Waals surface area contributed by atoms with Crippen LogP contribution in [0.15, 0.2) is 40.9 Å². The molecule has 7 nitrogen and oxygen atoms in total. The predicted molar refractivity (Wildman–Crippen MR) is 103 cm³/mol. The molecule has 1 aromatic heterocycles. The van der Waals surface area contributed by atoms with Gasteiger partial charge in [0.15, 0.2) is 0 Å². The van der Waals surface area contributed by atoms with Crippen LogP contribution in [0.2, 0.25) is 0 Å². The zero-order valence-electron chi connectivity index (χ0n) is 15.8. The number of ether oxygens (including phenoxy) is 1. The van der Waals surface area contributed by atoms with Crippen LogP contribution in [0, 0.1) is 11.3 Å². The van der Waals surface area contributed by atoms with Crippen molar-refractivity contribution in [3.63, 3.8) is 0 Å². The molecule has 0 amide bonds. The maximum atomic E-state index is 12.5. The minimum atomic E-state index is -3.02. The number of rotatable bonds is 7. The molecule has 1 atom stereocenters. The van der Waals surface area contributed by atoms with E-state index in [9.17, 15) is 14.0 Å². The third-order valence-electron chi connectivity index (χ3n) is 5.00. The standard InChI is InChI=1S/C21H18F2N4O3/c22-21(23)29-18-7-4-12(10-13(18)11-24)20-26-19(27-30-20)16-3-1-2-15-14(16)5-6-17(15)25-8-9-28/h1-4,7,10,17,21,25,28H,5-6,8-9H2/t17-/m0/s1. The Bertz CT molecular complexity index is 1090. The lowest BCUT2D eigenvalue weighted by molar-refractivity contribution is -0.0500. The summed E-state index contributed by atoms with van der Waals surface area (Å²) in [5.74, 6) is 0.380. The molecule has 3 aromatic rings. The van der Waals surface area contributed by atoms with Gasteiger partial charge in [-0.2, -0.15) is 19.0 Å². The highest BCUT2D eigenvalue weighted by Crippen LogP contribution is 2.37. The molecule has 0 unspecified atom stereocenters. The molecular formula is C21H18F2N4O3. The van der Waals surface area contributed by atoms with Gasteiger partial charge in [0, 0.05) is 23.7 Å². The summed E-state index contributed by atoms with van der Waals surface area (Å²) in [7, 11) is 0. The summed E-state index contributed by atoms with van der Waals surface area (Å²) in [6.07, 6.45) is 1.75. The largest absolute Gasteiger partial charge is 0.433 e. The van der Waals surface area contributed by atoms with E-state index in [4.69, 9.17) is 9.63 Å². The Hall–Kier alpha value is -3.35.